The topological polar surface area (TPSA) is 43.9 Å². The van der Waals surface area contributed by atoms with E-state index in [0.717, 1.165) is 10.9 Å². The molecule has 5 heteroatoms. The first-order valence-electron chi connectivity index (χ1n) is 5.26. The zero-order chi connectivity index (χ0) is 11.8. The summed E-state index contributed by atoms with van der Waals surface area (Å²) in [6, 6.07) is 6.63. The lowest BCUT2D eigenvalue weighted by atomic mass is 10.2. The van der Waals surface area contributed by atoms with Crippen molar-refractivity contribution in [3.63, 3.8) is 0 Å². The van der Waals surface area contributed by atoms with Crippen molar-refractivity contribution in [1.82, 2.24) is 14.7 Å². The van der Waals surface area contributed by atoms with E-state index in [4.69, 9.17) is 4.52 Å². The molecule has 0 unspecified atom stereocenters. The summed E-state index contributed by atoms with van der Waals surface area (Å²) in [5, 5.41) is 4.71. The Morgan fingerprint density at radius 3 is 3.00 bits per heavy atom. The molecule has 3 aromatic rings. The molecule has 17 heavy (non-hydrogen) atoms. The second-order valence-electron chi connectivity index (χ2n) is 3.88. The molecule has 0 fully saturated rings. The predicted octanol–water partition coefficient (Wildman–Crippen LogP) is 2.52. The first kappa shape index (κ1) is 10.0. The maximum Gasteiger partial charge on any atom is 0.246 e. The van der Waals surface area contributed by atoms with Crippen molar-refractivity contribution >= 4 is 10.9 Å². The van der Waals surface area contributed by atoms with Crippen LogP contribution in [-0.2, 0) is 6.54 Å². The highest BCUT2D eigenvalue weighted by Gasteiger charge is 2.07. The van der Waals surface area contributed by atoms with E-state index >= 15 is 0 Å². The molecule has 2 aromatic heterocycles. The van der Waals surface area contributed by atoms with Crippen molar-refractivity contribution in [2.24, 2.45) is 0 Å². The lowest BCUT2D eigenvalue weighted by Gasteiger charge is -2.01. The second-order valence-corrected chi connectivity index (χ2v) is 3.88. The predicted molar refractivity (Wildman–Crippen MR) is 60.0 cm³/mol. The molecule has 0 aliphatic heterocycles. The third-order valence-electron chi connectivity index (χ3n) is 2.61. The average molecular weight is 231 g/mol. The quantitative estimate of drug-likeness (QED) is 0.680. The van der Waals surface area contributed by atoms with E-state index in [-0.39, 0.29) is 5.82 Å². The van der Waals surface area contributed by atoms with Crippen LogP contribution < -0.4 is 0 Å². The summed E-state index contributed by atoms with van der Waals surface area (Å²) in [6.45, 7) is 2.22. The Labute approximate surface area is 96.7 Å². The van der Waals surface area contributed by atoms with E-state index in [0.29, 0.717) is 18.3 Å². The number of halogens is 1. The zero-order valence-electron chi connectivity index (χ0n) is 9.22. The largest absolute Gasteiger partial charge is 0.338 e. The second kappa shape index (κ2) is 3.69. The van der Waals surface area contributed by atoms with Crippen LogP contribution in [0, 0.1) is 12.7 Å². The minimum Gasteiger partial charge on any atom is -0.338 e. The van der Waals surface area contributed by atoms with E-state index < -0.39 is 0 Å². The van der Waals surface area contributed by atoms with Gasteiger partial charge < -0.3 is 9.09 Å². The molecule has 0 radical (unpaired) electrons. The molecule has 0 atom stereocenters. The molecule has 0 aliphatic rings. The number of hydrogen-bond donors (Lipinski definition) is 0. The molecule has 2 heterocycles. The monoisotopic (exact) mass is 231 g/mol. The van der Waals surface area contributed by atoms with Crippen molar-refractivity contribution in [2.45, 2.75) is 13.5 Å². The Morgan fingerprint density at radius 2 is 2.24 bits per heavy atom. The lowest BCUT2D eigenvalue weighted by Crippen LogP contribution is -1.98. The standard InChI is InChI=1S/C12H10FN3O/c1-8-14-12(17-15-8)7-16-5-4-9-2-3-10(13)6-11(9)16/h2-6H,7H2,1H3. The van der Waals surface area contributed by atoms with Crippen LogP contribution in [0.25, 0.3) is 10.9 Å². The number of hydrogen-bond acceptors (Lipinski definition) is 3. The van der Waals surface area contributed by atoms with E-state index in [1.807, 2.05) is 16.8 Å². The summed E-state index contributed by atoms with van der Waals surface area (Å²) in [7, 11) is 0. The van der Waals surface area contributed by atoms with E-state index in [1.165, 1.54) is 12.1 Å². The Hall–Kier alpha value is -2.17. The number of nitrogens with zero attached hydrogens (tertiary/aromatic N) is 3. The summed E-state index contributed by atoms with van der Waals surface area (Å²) < 4.78 is 20.1. The van der Waals surface area contributed by atoms with Crippen molar-refractivity contribution in [2.75, 3.05) is 0 Å². The molecule has 0 bridgehead atoms. The Balaban J connectivity index is 2.03. The summed E-state index contributed by atoms with van der Waals surface area (Å²) in [5.41, 5.74) is 0.820. The Kier molecular flexibility index (Phi) is 2.18. The fourth-order valence-corrected chi connectivity index (χ4v) is 1.84. The van der Waals surface area contributed by atoms with E-state index in [9.17, 15) is 4.39 Å². The number of fused-ring (bicyclic) bond motifs is 1. The van der Waals surface area contributed by atoms with Gasteiger partial charge in [0, 0.05) is 6.20 Å². The van der Waals surface area contributed by atoms with Crippen LogP contribution in [0.5, 0.6) is 0 Å². The number of rotatable bonds is 2. The minimum atomic E-state index is -0.251. The molecule has 0 N–H and O–H groups in total. The minimum absolute atomic E-state index is 0.251. The van der Waals surface area contributed by atoms with Crippen LogP contribution in [-0.4, -0.2) is 14.7 Å². The van der Waals surface area contributed by atoms with Gasteiger partial charge >= 0.3 is 0 Å². The van der Waals surface area contributed by atoms with Gasteiger partial charge in [-0.25, -0.2) is 4.39 Å². The first-order valence-corrected chi connectivity index (χ1v) is 5.26. The van der Waals surface area contributed by atoms with Crippen LogP contribution in [0.15, 0.2) is 35.0 Å². The number of benzene rings is 1. The molecule has 0 spiro atoms. The molecule has 0 amide bonds. The lowest BCUT2D eigenvalue weighted by molar-refractivity contribution is 0.369. The van der Waals surface area contributed by atoms with E-state index in [1.54, 1.807) is 13.0 Å². The maximum absolute atomic E-state index is 13.2. The van der Waals surface area contributed by atoms with Gasteiger partial charge in [-0.2, -0.15) is 4.98 Å². The molecular formula is C12H10FN3O. The highest BCUT2D eigenvalue weighted by molar-refractivity contribution is 5.80. The van der Waals surface area contributed by atoms with Gasteiger partial charge in [0.1, 0.15) is 12.4 Å². The molecule has 0 aliphatic carbocycles. The summed E-state index contributed by atoms with van der Waals surface area (Å²) in [4.78, 5) is 4.12. The van der Waals surface area contributed by atoms with Crippen molar-refractivity contribution < 1.29 is 8.91 Å². The van der Waals surface area contributed by atoms with Gasteiger partial charge in [-0.15, -0.1) is 0 Å². The van der Waals surface area contributed by atoms with Crippen molar-refractivity contribution in [1.29, 1.82) is 0 Å². The van der Waals surface area contributed by atoms with Crippen LogP contribution in [0.1, 0.15) is 11.7 Å². The zero-order valence-corrected chi connectivity index (χ0v) is 9.22. The van der Waals surface area contributed by atoms with E-state index in [2.05, 4.69) is 10.1 Å². The average Bonchev–Trinajstić information content (AvgIpc) is 2.87. The Morgan fingerprint density at radius 1 is 1.35 bits per heavy atom. The van der Waals surface area contributed by atoms with Gasteiger partial charge in [0.25, 0.3) is 0 Å². The molecule has 86 valence electrons. The molecule has 1 aromatic carbocycles. The molecule has 3 rings (SSSR count). The summed E-state index contributed by atoms with van der Waals surface area (Å²) in [6.07, 6.45) is 1.88. The van der Waals surface area contributed by atoms with Gasteiger partial charge in [0.05, 0.1) is 5.52 Å². The Bertz CT molecular complexity index is 671. The van der Waals surface area contributed by atoms with Crippen LogP contribution in [0.4, 0.5) is 4.39 Å². The van der Waals surface area contributed by atoms with Crippen molar-refractivity contribution in [3.05, 3.63) is 48.0 Å². The molecular weight excluding hydrogens is 221 g/mol. The summed E-state index contributed by atoms with van der Waals surface area (Å²) >= 11 is 0. The fraction of sp³-hybridized carbons (Fsp3) is 0.167. The first-order chi connectivity index (χ1) is 8.22. The highest BCUT2D eigenvalue weighted by Crippen LogP contribution is 2.18. The van der Waals surface area contributed by atoms with Gasteiger partial charge in [-0.05, 0) is 36.6 Å². The number of aromatic nitrogens is 3. The SMILES string of the molecule is Cc1noc(Cn2ccc3ccc(F)cc32)n1. The van der Waals surface area contributed by atoms with Gasteiger partial charge in [0.2, 0.25) is 5.89 Å². The normalized spacial score (nSPS) is 11.2. The third-order valence-corrected chi connectivity index (χ3v) is 2.61. The molecule has 4 nitrogen and oxygen atoms in total. The third kappa shape index (κ3) is 1.80. The highest BCUT2D eigenvalue weighted by atomic mass is 19.1. The van der Waals surface area contributed by atoms with Crippen LogP contribution in [0.3, 0.4) is 0 Å². The van der Waals surface area contributed by atoms with Gasteiger partial charge in [0.15, 0.2) is 5.82 Å². The maximum atomic E-state index is 13.2. The van der Waals surface area contributed by atoms with Gasteiger partial charge in [-0.3, -0.25) is 0 Å². The van der Waals surface area contributed by atoms with Gasteiger partial charge in [-0.1, -0.05) is 5.16 Å². The smallest absolute Gasteiger partial charge is 0.246 e. The van der Waals surface area contributed by atoms with Crippen LogP contribution in [0.2, 0.25) is 0 Å². The summed E-state index contributed by atoms with van der Waals surface area (Å²) in [5.74, 6) is 0.867. The molecule has 0 saturated heterocycles. The number of aryl methyl sites for hydroxylation is 1. The molecule has 0 saturated carbocycles. The fourth-order valence-electron chi connectivity index (χ4n) is 1.84. The van der Waals surface area contributed by atoms with Crippen LogP contribution >= 0.6 is 0 Å². The van der Waals surface area contributed by atoms with Crippen molar-refractivity contribution in [3.8, 4) is 0 Å².